The Morgan fingerprint density at radius 2 is 1.75 bits per heavy atom. The van der Waals surface area contributed by atoms with Gasteiger partial charge in [0, 0.05) is 0 Å². The molecule has 0 aromatic heterocycles. The first kappa shape index (κ1) is 9.36. The molecule has 0 bridgehead atoms. The van der Waals surface area contributed by atoms with E-state index in [9.17, 15) is 13.2 Å². The summed E-state index contributed by atoms with van der Waals surface area (Å²) in [4.78, 5) is 0. The summed E-state index contributed by atoms with van der Waals surface area (Å²) in [5, 5.41) is 0. The summed E-state index contributed by atoms with van der Waals surface area (Å²) < 4.78 is 36.4. The van der Waals surface area contributed by atoms with Crippen molar-refractivity contribution in [3.8, 4) is 0 Å². The van der Waals surface area contributed by atoms with Gasteiger partial charge in [-0.3, -0.25) is 0 Å². The van der Waals surface area contributed by atoms with Gasteiger partial charge in [-0.05, 0) is 25.7 Å². The van der Waals surface area contributed by atoms with Crippen molar-refractivity contribution in [2.24, 2.45) is 0 Å². The fraction of sp³-hybridized carbons (Fsp3) is 0.556. The highest BCUT2D eigenvalue weighted by atomic mass is 19.4. The van der Waals surface area contributed by atoms with Gasteiger partial charge in [-0.2, -0.15) is 13.2 Å². The van der Waals surface area contributed by atoms with E-state index in [1.165, 1.54) is 12.2 Å². The second-order valence-electron chi connectivity index (χ2n) is 2.84. The summed E-state index contributed by atoms with van der Waals surface area (Å²) in [7, 11) is 0. The molecule has 0 radical (unpaired) electrons. The highest BCUT2D eigenvalue weighted by Gasteiger charge is 2.31. The minimum atomic E-state index is -4.17. The van der Waals surface area contributed by atoms with Crippen LogP contribution in [0.1, 0.15) is 25.7 Å². The van der Waals surface area contributed by atoms with Gasteiger partial charge in [-0.25, -0.2) is 0 Å². The molecule has 68 valence electrons. The third-order valence-corrected chi connectivity index (χ3v) is 1.81. The summed E-state index contributed by atoms with van der Waals surface area (Å²) in [6.07, 6.45) is 3.01. The minimum absolute atomic E-state index is 0.498. The van der Waals surface area contributed by atoms with Crippen LogP contribution in [-0.4, -0.2) is 6.18 Å². The third kappa shape index (κ3) is 2.72. The van der Waals surface area contributed by atoms with Crippen molar-refractivity contribution in [3.05, 3.63) is 23.8 Å². The average molecular weight is 176 g/mol. The highest BCUT2D eigenvalue weighted by molar-refractivity contribution is 5.24. The molecule has 0 saturated heterocycles. The normalized spacial score (nSPS) is 24.1. The molecule has 0 fully saturated rings. The van der Waals surface area contributed by atoms with Crippen molar-refractivity contribution in [1.29, 1.82) is 0 Å². The summed E-state index contributed by atoms with van der Waals surface area (Å²) >= 11 is 0. The smallest absolute Gasteiger partial charge is 0.166 e. The number of hydrogen-bond acceptors (Lipinski definition) is 0. The Morgan fingerprint density at radius 1 is 1.08 bits per heavy atom. The molecule has 0 aromatic rings. The van der Waals surface area contributed by atoms with Gasteiger partial charge in [0.15, 0.2) is 0 Å². The van der Waals surface area contributed by atoms with E-state index < -0.39 is 11.7 Å². The van der Waals surface area contributed by atoms with E-state index in [2.05, 4.69) is 0 Å². The van der Waals surface area contributed by atoms with Gasteiger partial charge in [-0.15, -0.1) is 0 Å². The first-order valence-electron chi connectivity index (χ1n) is 4.04. The van der Waals surface area contributed by atoms with E-state index in [0.29, 0.717) is 6.42 Å². The number of rotatable bonds is 0. The zero-order valence-corrected chi connectivity index (χ0v) is 6.69. The fourth-order valence-corrected chi connectivity index (χ4v) is 1.15. The number of allylic oxidation sites excluding steroid dienone is 4. The second-order valence-corrected chi connectivity index (χ2v) is 2.84. The van der Waals surface area contributed by atoms with Crippen LogP contribution in [0.4, 0.5) is 13.2 Å². The number of alkyl halides is 3. The topological polar surface area (TPSA) is 0 Å². The van der Waals surface area contributed by atoms with Crippen molar-refractivity contribution in [2.75, 3.05) is 0 Å². The molecule has 0 heterocycles. The predicted molar refractivity (Wildman–Crippen MR) is 41.7 cm³/mol. The van der Waals surface area contributed by atoms with Gasteiger partial charge in [0.2, 0.25) is 0 Å². The number of halogens is 3. The SMILES string of the molecule is FC(F)(F)/C1=C/CCCCC=C1. The quantitative estimate of drug-likeness (QED) is 0.529. The molecule has 0 aromatic carbocycles. The predicted octanol–water partition coefficient (Wildman–Crippen LogP) is 3.61. The van der Waals surface area contributed by atoms with E-state index in [4.69, 9.17) is 0 Å². The van der Waals surface area contributed by atoms with Crippen molar-refractivity contribution >= 4 is 0 Å². The van der Waals surface area contributed by atoms with Crippen LogP contribution >= 0.6 is 0 Å². The first-order valence-corrected chi connectivity index (χ1v) is 4.04. The molecule has 12 heavy (non-hydrogen) atoms. The van der Waals surface area contributed by atoms with Crippen LogP contribution in [0.2, 0.25) is 0 Å². The Balaban J connectivity index is 2.72. The van der Waals surface area contributed by atoms with Crippen LogP contribution in [0.3, 0.4) is 0 Å². The molecule has 1 aliphatic rings. The lowest BCUT2D eigenvalue weighted by Gasteiger charge is -2.09. The Bertz CT molecular complexity index is 198. The highest BCUT2D eigenvalue weighted by Crippen LogP contribution is 2.28. The largest absolute Gasteiger partial charge is 0.416 e. The Hall–Kier alpha value is -0.730. The molecule has 0 unspecified atom stereocenters. The summed E-state index contributed by atoms with van der Waals surface area (Å²) in [6, 6.07) is 0. The lowest BCUT2D eigenvalue weighted by atomic mass is 10.1. The molecule has 1 rings (SSSR count). The molecule has 0 atom stereocenters. The maximum absolute atomic E-state index is 12.1. The van der Waals surface area contributed by atoms with Crippen molar-refractivity contribution in [2.45, 2.75) is 31.9 Å². The second kappa shape index (κ2) is 3.78. The lowest BCUT2D eigenvalue weighted by molar-refractivity contribution is -0.0885. The van der Waals surface area contributed by atoms with Crippen molar-refractivity contribution in [3.63, 3.8) is 0 Å². The zero-order valence-electron chi connectivity index (χ0n) is 6.69. The van der Waals surface area contributed by atoms with Gasteiger partial charge in [0.05, 0.1) is 5.57 Å². The van der Waals surface area contributed by atoms with Crippen LogP contribution in [0.25, 0.3) is 0 Å². The maximum atomic E-state index is 12.1. The van der Waals surface area contributed by atoms with Crippen molar-refractivity contribution in [1.82, 2.24) is 0 Å². The summed E-state index contributed by atoms with van der Waals surface area (Å²) in [5.74, 6) is 0. The number of hydrogen-bond donors (Lipinski definition) is 0. The lowest BCUT2D eigenvalue weighted by Crippen LogP contribution is -2.10. The van der Waals surface area contributed by atoms with Gasteiger partial charge >= 0.3 is 6.18 Å². The van der Waals surface area contributed by atoms with Gasteiger partial charge in [0.25, 0.3) is 0 Å². The van der Waals surface area contributed by atoms with E-state index in [0.717, 1.165) is 19.3 Å². The van der Waals surface area contributed by atoms with Crippen molar-refractivity contribution < 1.29 is 13.2 Å². The molecule has 1 aliphatic carbocycles. The fourth-order valence-electron chi connectivity index (χ4n) is 1.15. The Morgan fingerprint density at radius 3 is 2.42 bits per heavy atom. The van der Waals surface area contributed by atoms with E-state index in [1.807, 2.05) is 0 Å². The molecular weight excluding hydrogens is 165 g/mol. The van der Waals surface area contributed by atoms with Gasteiger partial charge < -0.3 is 0 Å². The summed E-state index contributed by atoms with van der Waals surface area (Å²) in [6.45, 7) is 0. The zero-order chi connectivity index (χ0) is 9.03. The van der Waals surface area contributed by atoms with E-state index in [1.54, 1.807) is 6.08 Å². The molecule has 0 N–H and O–H groups in total. The third-order valence-electron chi connectivity index (χ3n) is 1.81. The Kier molecular flexibility index (Phi) is 2.95. The van der Waals surface area contributed by atoms with Crippen LogP contribution in [0.15, 0.2) is 23.8 Å². The summed E-state index contributed by atoms with van der Waals surface area (Å²) in [5.41, 5.74) is -0.498. The standard InChI is InChI=1S/C9H11F3/c10-9(11,12)8-6-4-2-1-3-5-7-8/h4,6-7H,1-3,5H2/b6-4?,8-7+. The monoisotopic (exact) mass is 176 g/mol. The molecule has 0 nitrogen and oxygen atoms in total. The van der Waals surface area contributed by atoms with Gasteiger partial charge in [0.1, 0.15) is 0 Å². The molecule has 3 heteroatoms. The van der Waals surface area contributed by atoms with Gasteiger partial charge in [-0.1, -0.05) is 18.2 Å². The first-order chi connectivity index (χ1) is 5.61. The van der Waals surface area contributed by atoms with Crippen LogP contribution < -0.4 is 0 Å². The molecule has 0 amide bonds. The average Bonchev–Trinajstić information content (AvgIpc) is 1.81. The minimum Gasteiger partial charge on any atom is -0.166 e. The Labute approximate surface area is 69.8 Å². The molecule has 0 saturated carbocycles. The molecule has 0 aliphatic heterocycles. The maximum Gasteiger partial charge on any atom is 0.416 e. The van der Waals surface area contributed by atoms with Crippen LogP contribution in [0, 0.1) is 0 Å². The molecule has 0 spiro atoms. The van der Waals surface area contributed by atoms with Crippen LogP contribution in [0.5, 0.6) is 0 Å². The van der Waals surface area contributed by atoms with E-state index in [-0.39, 0.29) is 0 Å². The van der Waals surface area contributed by atoms with E-state index >= 15 is 0 Å². The van der Waals surface area contributed by atoms with Crippen LogP contribution in [-0.2, 0) is 0 Å². The molecular formula is C9H11F3.